The van der Waals surface area contributed by atoms with Gasteiger partial charge in [0.25, 0.3) is 0 Å². The molecular weight excluding hydrogens is 306 g/mol. The largest absolute Gasteiger partial charge is 0.481 e. The summed E-state index contributed by atoms with van der Waals surface area (Å²) < 4.78 is 2.20. The summed E-state index contributed by atoms with van der Waals surface area (Å²) in [5.74, 6) is 1.66. The summed E-state index contributed by atoms with van der Waals surface area (Å²) in [5.41, 5.74) is 0. The minimum atomic E-state index is -0.813. The van der Waals surface area contributed by atoms with Crippen LogP contribution in [0.1, 0.15) is 57.8 Å². The topological polar surface area (TPSA) is 68.0 Å². The molecule has 0 aliphatic heterocycles. The first-order chi connectivity index (χ1) is 10.0. The molecule has 2 unspecified atom stereocenters. The van der Waals surface area contributed by atoms with E-state index in [1.807, 2.05) is 11.8 Å². The Bertz CT molecular complexity index is 491. The fraction of sp³-hybridized carbons (Fsp3) is 0.786. The van der Waals surface area contributed by atoms with Crippen LogP contribution in [-0.2, 0) is 4.79 Å². The molecule has 1 heterocycles. The van der Waals surface area contributed by atoms with Gasteiger partial charge in [0.05, 0.1) is 5.75 Å². The SMILES string of the molecule is CCSC1CCC(n2c(SCC(=O)O)nnc2C(C)C)C1. The summed E-state index contributed by atoms with van der Waals surface area (Å²) in [6.45, 7) is 6.42. The lowest BCUT2D eigenvalue weighted by Gasteiger charge is -2.18. The van der Waals surface area contributed by atoms with Crippen molar-refractivity contribution in [2.24, 2.45) is 0 Å². The maximum absolute atomic E-state index is 10.8. The van der Waals surface area contributed by atoms with Gasteiger partial charge in [0.1, 0.15) is 5.82 Å². The monoisotopic (exact) mass is 329 g/mol. The van der Waals surface area contributed by atoms with Gasteiger partial charge in [-0.3, -0.25) is 4.79 Å². The normalized spacial score (nSPS) is 22.1. The van der Waals surface area contributed by atoms with E-state index in [0.29, 0.717) is 17.2 Å². The average Bonchev–Trinajstić information content (AvgIpc) is 3.02. The Hall–Kier alpha value is -0.690. The molecule has 0 amide bonds. The van der Waals surface area contributed by atoms with Crippen LogP contribution in [0.5, 0.6) is 0 Å². The van der Waals surface area contributed by atoms with Crippen molar-refractivity contribution in [1.82, 2.24) is 14.8 Å². The number of nitrogens with zero attached hydrogens (tertiary/aromatic N) is 3. The van der Waals surface area contributed by atoms with Crippen molar-refractivity contribution >= 4 is 29.5 Å². The molecule has 7 heteroatoms. The molecule has 0 radical (unpaired) electrons. The highest BCUT2D eigenvalue weighted by Crippen LogP contribution is 2.40. The Morgan fingerprint density at radius 1 is 1.43 bits per heavy atom. The second kappa shape index (κ2) is 7.54. The molecule has 0 bridgehead atoms. The van der Waals surface area contributed by atoms with Gasteiger partial charge < -0.3 is 9.67 Å². The Kier molecular flexibility index (Phi) is 5.98. The highest BCUT2D eigenvalue weighted by Gasteiger charge is 2.30. The summed E-state index contributed by atoms with van der Waals surface area (Å²) in [6, 6.07) is 0.415. The van der Waals surface area contributed by atoms with Crippen LogP contribution in [-0.4, -0.2) is 42.6 Å². The van der Waals surface area contributed by atoms with Crippen LogP contribution in [0.25, 0.3) is 0 Å². The molecule has 0 spiro atoms. The second-order valence-electron chi connectivity index (χ2n) is 5.59. The van der Waals surface area contributed by atoms with Gasteiger partial charge >= 0.3 is 5.97 Å². The average molecular weight is 329 g/mol. The summed E-state index contributed by atoms with van der Waals surface area (Å²) >= 11 is 3.30. The molecule has 0 aromatic carbocycles. The number of aliphatic carboxylic acids is 1. The van der Waals surface area contributed by atoms with Crippen LogP contribution < -0.4 is 0 Å². The van der Waals surface area contributed by atoms with Gasteiger partial charge in [-0.05, 0) is 25.0 Å². The summed E-state index contributed by atoms with van der Waals surface area (Å²) in [6.07, 6.45) is 3.49. The predicted octanol–water partition coefficient (Wildman–Crippen LogP) is 3.42. The van der Waals surface area contributed by atoms with E-state index in [1.54, 1.807) is 0 Å². The maximum atomic E-state index is 10.8. The third-order valence-electron chi connectivity index (χ3n) is 3.66. The van der Waals surface area contributed by atoms with E-state index >= 15 is 0 Å². The Morgan fingerprint density at radius 3 is 2.81 bits per heavy atom. The van der Waals surface area contributed by atoms with Crippen LogP contribution in [0.15, 0.2) is 5.16 Å². The van der Waals surface area contributed by atoms with Crippen molar-refractivity contribution < 1.29 is 9.90 Å². The highest BCUT2D eigenvalue weighted by atomic mass is 32.2. The molecule has 1 aromatic heterocycles. The van der Waals surface area contributed by atoms with Gasteiger partial charge in [-0.25, -0.2) is 0 Å². The van der Waals surface area contributed by atoms with Gasteiger partial charge in [0.15, 0.2) is 5.16 Å². The lowest BCUT2D eigenvalue weighted by Crippen LogP contribution is -2.13. The fourth-order valence-corrected chi connectivity index (χ4v) is 4.65. The van der Waals surface area contributed by atoms with Crippen molar-refractivity contribution in [2.75, 3.05) is 11.5 Å². The lowest BCUT2D eigenvalue weighted by atomic mass is 10.2. The molecule has 1 N–H and O–H groups in total. The lowest BCUT2D eigenvalue weighted by molar-refractivity contribution is -0.133. The molecule has 0 saturated heterocycles. The van der Waals surface area contributed by atoms with Crippen molar-refractivity contribution in [3.63, 3.8) is 0 Å². The molecule has 1 aliphatic rings. The van der Waals surface area contributed by atoms with Gasteiger partial charge in [0, 0.05) is 17.2 Å². The number of thioether (sulfide) groups is 2. The third-order valence-corrected chi connectivity index (χ3v) is 5.82. The zero-order valence-corrected chi connectivity index (χ0v) is 14.4. The van der Waals surface area contributed by atoms with Crippen LogP contribution in [0.2, 0.25) is 0 Å². The molecule has 1 aliphatic carbocycles. The van der Waals surface area contributed by atoms with Crippen LogP contribution in [0.4, 0.5) is 0 Å². The molecule has 118 valence electrons. The Labute approximate surface area is 134 Å². The predicted molar refractivity (Wildman–Crippen MR) is 87.3 cm³/mol. The molecule has 2 atom stereocenters. The van der Waals surface area contributed by atoms with Crippen molar-refractivity contribution in [3.8, 4) is 0 Å². The van der Waals surface area contributed by atoms with E-state index in [9.17, 15) is 4.79 Å². The summed E-state index contributed by atoms with van der Waals surface area (Å²) in [4.78, 5) is 10.8. The van der Waals surface area contributed by atoms with Crippen LogP contribution in [0, 0.1) is 0 Å². The van der Waals surface area contributed by atoms with E-state index in [0.717, 1.165) is 29.6 Å². The van der Waals surface area contributed by atoms with E-state index in [1.165, 1.54) is 18.2 Å². The summed E-state index contributed by atoms with van der Waals surface area (Å²) in [7, 11) is 0. The maximum Gasteiger partial charge on any atom is 0.313 e. The van der Waals surface area contributed by atoms with Gasteiger partial charge in [0.2, 0.25) is 0 Å². The van der Waals surface area contributed by atoms with Gasteiger partial charge in [-0.1, -0.05) is 32.5 Å². The second-order valence-corrected chi connectivity index (χ2v) is 8.11. The van der Waals surface area contributed by atoms with E-state index in [-0.39, 0.29) is 5.75 Å². The first kappa shape index (κ1) is 16.7. The number of carbonyl (C=O) groups is 1. The van der Waals surface area contributed by atoms with Crippen molar-refractivity contribution in [1.29, 1.82) is 0 Å². The van der Waals surface area contributed by atoms with E-state index < -0.39 is 5.97 Å². The minimum Gasteiger partial charge on any atom is -0.481 e. The molecule has 5 nitrogen and oxygen atoms in total. The molecule has 1 saturated carbocycles. The summed E-state index contributed by atoms with van der Waals surface area (Å²) in [5, 5.41) is 18.9. The molecular formula is C14H23N3O2S2. The number of carboxylic acids is 1. The quantitative estimate of drug-likeness (QED) is 0.773. The smallest absolute Gasteiger partial charge is 0.313 e. The van der Waals surface area contributed by atoms with Gasteiger partial charge in [-0.15, -0.1) is 10.2 Å². The fourth-order valence-electron chi connectivity index (χ4n) is 2.79. The highest BCUT2D eigenvalue weighted by molar-refractivity contribution is 8.00. The van der Waals surface area contributed by atoms with Crippen molar-refractivity contribution in [3.05, 3.63) is 5.82 Å². The molecule has 1 aromatic rings. The molecule has 21 heavy (non-hydrogen) atoms. The van der Waals surface area contributed by atoms with Crippen LogP contribution >= 0.6 is 23.5 Å². The zero-order chi connectivity index (χ0) is 15.4. The van der Waals surface area contributed by atoms with E-state index in [2.05, 4.69) is 35.5 Å². The third kappa shape index (κ3) is 4.16. The molecule has 1 fully saturated rings. The number of aromatic nitrogens is 3. The number of hydrogen-bond acceptors (Lipinski definition) is 5. The first-order valence-electron chi connectivity index (χ1n) is 7.43. The number of hydrogen-bond donors (Lipinski definition) is 1. The molecule has 2 rings (SSSR count). The Balaban J connectivity index is 2.18. The Morgan fingerprint density at radius 2 is 2.19 bits per heavy atom. The number of carboxylic acid groups (broad SMARTS) is 1. The first-order valence-corrected chi connectivity index (χ1v) is 9.47. The standard InChI is InChI=1S/C14H23N3O2S2/c1-4-20-11-6-5-10(7-11)17-13(9(2)3)15-16-14(17)21-8-12(18)19/h9-11H,4-8H2,1-3H3,(H,18,19). The number of rotatable bonds is 7. The minimum absolute atomic E-state index is 0.0378. The van der Waals surface area contributed by atoms with Crippen LogP contribution in [0.3, 0.4) is 0 Å². The zero-order valence-electron chi connectivity index (χ0n) is 12.8. The van der Waals surface area contributed by atoms with Gasteiger partial charge in [-0.2, -0.15) is 11.8 Å². The van der Waals surface area contributed by atoms with Crippen molar-refractivity contribution in [2.45, 2.75) is 62.4 Å². The van der Waals surface area contributed by atoms with E-state index in [4.69, 9.17) is 5.11 Å².